The summed E-state index contributed by atoms with van der Waals surface area (Å²) in [4.78, 5) is 0. The van der Waals surface area contributed by atoms with Crippen molar-refractivity contribution in [2.75, 3.05) is 13.3 Å². The Morgan fingerprint density at radius 1 is 0.667 bits per heavy atom. The average Bonchev–Trinajstić information content (AvgIpc) is 2.78. The van der Waals surface area contributed by atoms with Gasteiger partial charge in [0, 0.05) is 21.1 Å². The SMILES string of the molecule is CCCc1c(C)c(C)c(C)c(CPC)c1-c1c(CCC)c(C)c(C)c(C)c1C[P+](C)(P)PP. The third-order valence-corrected chi connectivity index (χ3v) is 22.0. The van der Waals surface area contributed by atoms with Crippen molar-refractivity contribution >= 4 is 41.0 Å². The molecule has 0 bridgehead atoms. The molecule has 184 valence electrons. The average molecular weight is 540 g/mol. The minimum atomic E-state index is -1.08. The molecule has 0 aromatic heterocycles. The van der Waals surface area contributed by atoms with E-state index in [0.29, 0.717) is 0 Å². The van der Waals surface area contributed by atoms with Crippen molar-refractivity contribution in [2.24, 2.45) is 0 Å². The van der Waals surface area contributed by atoms with Crippen LogP contribution in [0.15, 0.2) is 0 Å². The molecular weight excluding hydrogens is 491 g/mol. The van der Waals surface area contributed by atoms with E-state index in [9.17, 15) is 0 Å². The van der Waals surface area contributed by atoms with Gasteiger partial charge in [0.1, 0.15) is 0 Å². The van der Waals surface area contributed by atoms with E-state index in [0.717, 1.165) is 16.5 Å². The summed E-state index contributed by atoms with van der Waals surface area (Å²) in [6.07, 6.45) is 7.19. The van der Waals surface area contributed by atoms with Gasteiger partial charge in [0.2, 0.25) is 0 Å². The van der Waals surface area contributed by atoms with E-state index in [1.807, 2.05) is 0 Å². The Morgan fingerprint density at radius 2 is 1.06 bits per heavy atom. The summed E-state index contributed by atoms with van der Waals surface area (Å²) in [7, 11) is 8.23. The number of hydrogen-bond acceptors (Lipinski definition) is 0. The Morgan fingerprint density at radius 3 is 1.45 bits per heavy atom. The second kappa shape index (κ2) is 12.7. The molecule has 0 aliphatic heterocycles. The Kier molecular flexibility index (Phi) is 11.5. The lowest BCUT2D eigenvalue weighted by atomic mass is 9.77. The standard InChI is InChI=1S/C28H48P5/c1-11-13-23-19(5)17(3)21(7)25(15-31-9)27(23)28-24(14-12-2)20(6)18(4)22(8)26(28)16-33(10,30)32-29/h31-32H,11-16,29-30H2,1-10H3/q+1. The third kappa shape index (κ3) is 6.30. The lowest BCUT2D eigenvalue weighted by Gasteiger charge is -2.30. The summed E-state index contributed by atoms with van der Waals surface area (Å²) in [6.45, 7) is 22.8. The first-order chi connectivity index (χ1) is 15.5. The smallest absolute Gasteiger partial charge is 0.0889 e. The van der Waals surface area contributed by atoms with Crippen LogP contribution >= 0.6 is 41.0 Å². The van der Waals surface area contributed by atoms with Crippen molar-refractivity contribution in [3.63, 3.8) is 0 Å². The molecule has 0 fully saturated rings. The van der Waals surface area contributed by atoms with Gasteiger partial charge in [0.15, 0.2) is 0 Å². The molecule has 5 heteroatoms. The zero-order valence-corrected chi connectivity index (χ0v) is 28.0. The Balaban J connectivity index is 3.19. The van der Waals surface area contributed by atoms with E-state index >= 15 is 0 Å². The van der Waals surface area contributed by atoms with E-state index in [-0.39, 0.29) is 0 Å². The molecule has 33 heavy (non-hydrogen) atoms. The second-order valence-corrected chi connectivity index (χ2v) is 25.3. The molecule has 2 aromatic rings. The normalized spacial score (nSPS) is 14.2. The molecule has 0 saturated heterocycles. The first kappa shape index (κ1) is 29.8. The van der Waals surface area contributed by atoms with Gasteiger partial charge in [0.25, 0.3) is 0 Å². The monoisotopic (exact) mass is 539 g/mol. The molecule has 0 aliphatic carbocycles. The highest BCUT2D eigenvalue weighted by Gasteiger charge is 2.31. The third-order valence-electron chi connectivity index (χ3n) is 7.65. The molecule has 0 radical (unpaired) electrons. The molecule has 2 aromatic carbocycles. The fourth-order valence-corrected chi connectivity index (χ4v) is 9.34. The fraction of sp³-hybridized carbons (Fsp3) is 0.571. The highest BCUT2D eigenvalue weighted by molar-refractivity contribution is 8.67. The summed E-state index contributed by atoms with van der Waals surface area (Å²) in [5.74, 6) is 0. The summed E-state index contributed by atoms with van der Waals surface area (Å²) >= 11 is 0. The van der Waals surface area contributed by atoms with Crippen LogP contribution in [0.25, 0.3) is 11.1 Å². The van der Waals surface area contributed by atoms with Crippen LogP contribution in [0.3, 0.4) is 0 Å². The van der Waals surface area contributed by atoms with Crippen LogP contribution in [0.1, 0.15) is 82.3 Å². The maximum absolute atomic E-state index is 3.29. The van der Waals surface area contributed by atoms with E-state index in [1.165, 1.54) is 65.8 Å². The number of rotatable bonds is 10. The molecular formula is C28H48P5+. The largest absolute Gasteiger partial charge is 0.121 e. The molecule has 5 unspecified atom stereocenters. The lowest BCUT2D eigenvalue weighted by molar-refractivity contribution is 0.893. The Labute approximate surface area is 214 Å². The molecule has 2 rings (SSSR count). The van der Waals surface area contributed by atoms with E-state index in [2.05, 4.69) is 86.6 Å². The fourth-order valence-electron chi connectivity index (χ4n) is 5.28. The quantitative estimate of drug-likeness (QED) is 0.264. The van der Waals surface area contributed by atoms with Crippen LogP contribution in [-0.4, -0.2) is 13.3 Å². The first-order valence-electron chi connectivity index (χ1n) is 12.5. The van der Waals surface area contributed by atoms with E-state index in [1.54, 1.807) is 38.9 Å². The van der Waals surface area contributed by atoms with Gasteiger partial charge in [0.05, 0.1) is 20.8 Å². The maximum atomic E-state index is 3.29. The molecule has 5 atom stereocenters. The summed E-state index contributed by atoms with van der Waals surface area (Å²) in [6, 6.07) is 0. The topological polar surface area (TPSA) is 0 Å². The lowest BCUT2D eigenvalue weighted by Crippen LogP contribution is -2.11. The summed E-state index contributed by atoms with van der Waals surface area (Å²) in [5.41, 5.74) is 19.0. The Bertz CT molecular complexity index is 972. The minimum absolute atomic E-state index is 0.933. The van der Waals surface area contributed by atoms with Gasteiger partial charge in [-0.3, -0.25) is 0 Å². The number of hydrogen-bond donors (Lipinski definition) is 0. The van der Waals surface area contributed by atoms with Crippen molar-refractivity contribution in [3.8, 4) is 11.1 Å². The summed E-state index contributed by atoms with van der Waals surface area (Å²) < 4.78 is 0. The number of benzene rings is 2. The van der Waals surface area contributed by atoms with Crippen molar-refractivity contribution in [1.82, 2.24) is 0 Å². The maximum Gasteiger partial charge on any atom is 0.0889 e. The molecule has 0 heterocycles. The van der Waals surface area contributed by atoms with Gasteiger partial charge < -0.3 is 0 Å². The minimum Gasteiger partial charge on any atom is -0.121 e. The van der Waals surface area contributed by atoms with E-state index < -0.39 is 6.64 Å². The van der Waals surface area contributed by atoms with Crippen molar-refractivity contribution in [2.45, 2.75) is 93.4 Å². The summed E-state index contributed by atoms with van der Waals surface area (Å²) in [5, 5.41) is 0. The highest BCUT2D eigenvalue weighted by Crippen LogP contribution is 2.82. The molecule has 0 saturated carbocycles. The molecule has 0 nitrogen and oxygen atoms in total. The van der Waals surface area contributed by atoms with Gasteiger partial charge >= 0.3 is 0 Å². The van der Waals surface area contributed by atoms with Crippen LogP contribution in [-0.2, 0) is 25.2 Å². The van der Waals surface area contributed by atoms with Gasteiger partial charge in [-0.05, 0) is 128 Å². The molecule has 0 spiro atoms. The van der Waals surface area contributed by atoms with Crippen LogP contribution in [0.4, 0.5) is 0 Å². The van der Waals surface area contributed by atoms with Crippen LogP contribution in [0, 0.1) is 41.5 Å². The predicted molar refractivity (Wildman–Crippen MR) is 171 cm³/mol. The molecule has 0 N–H and O–H groups in total. The zero-order chi connectivity index (χ0) is 25.1. The molecule has 0 amide bonds. The highest BCUT2D eigenvalue weighted by atomic mass is 32.6. The predicted octanol–water partition coefficient (Wildman–Crippen LogP) is 10.2. The van der Waals surface area contributed by atoms with Crippen LogP contribution in [0.5, 0.6) is 0 Å². The molecule has 0 aliphatic rings. The zero-order valence-electron chi connectivity index (χ0n) is 22.8. The van der Waals surface area contributed by atoms with Crippen LogP contribution in [0.2, 0.25) is 0 Å². The Hall–Kier alpha value is 0.590. The van der Waals surface area contributed by atoms with Gasteiger partial charge in [-0.25, -0.2) is 0 Å². The second-order valence-electron chi connectivity index (χ2n) is 10.00. The van der Waals surface area contributed by atoms with E-state index in [4.69, 9.17) is 0 Å². The van der Waals surface area contributed by atoms with Crippen LogP contribution < -0.4 is 0 Å². The van der Waals surface area contributed by atoms with Crippen molar-refractivity contribution in [3.05, 3.63) is 55.6 Å². The van der Waals surface area contributed by atoms with Gasteiger partial charge in [-0.15, -0.1) is 8.58 Å². The van der Waals surface area contributed by atoms with Gasteiger partial charge in [-0.2, -0.15) is 0 Å². The van der Waals surface area contributed by atoms with Gasteiger partial charge in [-0.1, -0.05) is 35.6 Å². The van der Waals surface area contributed by atoms with Crippen molar-refractivity contribution in [1.29, 1.82) is 0 Å². The first-order valence-corrected chi connectivity index (χ1v) is 21.9. The van der Waals surface area contributed by atoms with Crippen molar-refractivity contribution < 1.29 is 0 Å².